The van der Waals surface area contributed by atoms with Gasteiger partial charge < -0.3 is 93.8 Å². The number of rotatable bonds is 17. The topological polar surface area (TPSA) is 340 Å². The highest BCUT2D eigenvalue weighted by Gasteiger charge is 2.57. The maximum atomic E-state index is 14.7. The number of alkyl carbamates (subject to hydrolysis) is 5. The van der Waals surface area contributed by atoms with E-state index in [0.717, 1.165) is 13.8 Å². The van der Waals surface area contributed by atoms with Crippen molar-refractivity contribution in [3.05, 3.63) is 35.9 Å². The smallest absolute Gasteiger partial charge is 0.408 e. The molecule has 0 bridgehead atoms. The van der Waals surface area contributed by atoms with E-state index in [2.05, 4.69) is 31.9 Å². The van der Waals surface area contributed by atoms with Gasteiger partial charge in [-0.15, -0.1) is 0 Å². The van der Waals surface area contributed by atoms with Gasteiger partial charge in [0, 0.05) is 38.9 Å². The zero-order valence-electron chi connectivity index (χ0n) is 52.8. The van der Waals surface area contributed by atoms with E-state index in [0.29, 0.717) is 12.0 Å². The molecular weight excluding hydrogens is 1130 g/mol. The monoisotopic (exact) mass is 1220 g/mol. The minimum absolute atomic E-state index is 0.119. The summed E-state index contributed by atoms with van der Waals surface area (Å²) >= 11 is 0. The highest BCUT2D eigenvalue weighted by Crippen LogP contribution is 2.39. The number of aliphatic hydroxyl groups excluding tert-OH is 1. The Morgan fingerprint density at radius 2 is 1.09 bits per heavy atom. The van der Waals surface area contributed by atoms with Gasteiger partial charge in [0.2, 0.25) is 0 Å². The number of benzene rings is 1. The van der Waals surface area contributed by atoms with E-state index in [1.807, 2.05) is 6.07 Å². The molecule has 0 spiro atoms. The molecule has 2 aliphatic heterocycles. The maximum absolute atomic E-state index is 14.7. The summed E-state index contributed by atoms with van der Waals surface area (Å²) in [4.78, 5) is 108. The molecular formula is C59H94N6O21. The molecule has 0 radical (unpaired) electrons. The van der Waals surface area contributed by atoms with Gasteiger partial charge in [-0.3, -0.25) is 14.4 Å². The molecule has 4 fully saturated rings. The highest BCUT2D eigenvalue weighted by molar-refractivity contribution is 5.84. The fourth-order valence-electron chi connectivity index (χ4n) is 10.1. The summed E-state index contributed by atoms with van der Waals surface area (Å²) < 4.78 is 72.6. The largest absolute Gasteiger partial charge is 0.455 e. The maximum Gasteiger partial charge on any atom is 0.408 e. The second kappa shape index (κ2) is 29.6. The molecule has 86 heavy (non-hydrogen) atoms. The number of carbonyl (C=O) groups is 8. The number of aliphatic hydroxyl groups is 1. The number of ether oxygens (including phenoxy) is 12. The average molecular weight is 1220 g/mol. The van der Waals surface area contributed by atoms with Crippen LogP contribution in [0.4, 0.5) is 24.0 Å². The molecule has 6 amide bonds. The van der Waals surface area contributed by atoms with Crippen LogP contribution in [0.5, 0.6) is 0 Å². The second-order valence-corrected chi connectivity index (χ2v) is 26.9. The molecule has 2 saturated heterocycles. The van der Waals surface area contributed by atoms with Crippen molar-refractivity contribution in [1.29, 1.82) is 0 Å². The molecule has 4 aliphatic rings. The quantitative estimate of drug-likeness (QED) is 0.0695. The van der Waals surface area contributed by atoms with Crippen LogP contribution in [0, 0.1) is 5.92 Å². The van der Waals surface area contributed by atoms with Gasteiger partial charge in [-0.2, -0.15) is 0 Å². The Morgan fingerprint density at radius 3 is 1.64 bits per heavy atom. The normalized spacial score (nSPS) is 28.3. The summed E-state index contributed by atoms with van der Waals surface area (Å²) in [6.45, 7) is 27.1. The van der Waals surface area contributed by atoms with Crippen molar-refractivity contribution in [3.8, 4) is 0 Å². The van der Waals surface area contributed by atoms with E-state index in [-0.39, 0.29) is 51.3 Å². The summed E-state index contributed by atoms with van der Waals surface area (Å²) in [5.74, 6) is -2.95. The zero-order chi connectivity index (χ0) is 64.3. The lowest BCUT2D eigenvalue weighted by Crippen LogP contribution is -2.71. The van der Waals surface area contributed by atoms with Gasteiger partial charge >= 0.3 is 42.4 Å². The van der Waals surface area contributed by atoms with E-state index in [4.69, 9.17) is 56.8 Å². The first-order chi connectivity index (χ1) is 39.7. The van der Waals surface area contributed by atoms with Crippen LogP contribution in [-0.4, -0.2) is 180 Å². The van der Waals surface area contributed by atoms with Gasteiger partial charge in [-0.25, -0.2) is 24.0 Å². The van der Waals surface area contributed by atoms with Crippen LogP contribution in [-0.2, 0) is 71.2 Å². The summed E-state index contributed by atoms with van der Waals surface area (Å²) in [5, 5.41) is 29.9. The van der Waals surface area contributed by atoms with Crippen molar-refractivity contribution in [2.45, 2.75) is 263 Å². The summed E-state index contributed by atoms with van der Waals surface area (Å²) in [7, 11) is 0. The van der Waals surface area contributed by atoms with Gasteiger partial charge in [0.1, 0.15) is 64.6 Å². The molecule has 2 heterocycles. The zero-order valence-corrected chi connectivity index (χ0v) is 52.8. The summed E-state index contributed by atoms with van der Waals surface area (Å²) in [6.07, 6.45) is -18.2. The van der Waals surface area contributed by atoms with Gasteiger partial charge in [-0.1, -0.05) is 30.3 Å². The lowest BCUT2D eigenvalue weighted by Gasteiger charge is -2.51. The van der Waals surface area contributed by atoms with Crippen LogP contribution in [0.25, 0.3) is 0 Å². The third kappa shape index (κ3) is 23.4. The Kier molecular flexibility index (Phi) is 24.3. The van der Waals surface area contributed by atoms with Crippen molar-refractivity contribution >= 4 is 48.3 Å². The first kappa shape index (κ1) is 70.5. The molecule has 7 unspecified atom stereocenters. The Morgan fingerprint density at radius 1 is 0.581 bits per heavy atom. The molecule has 486 valence electrons. The molecule has 1 aromatic carbocycles. The number of esters is 2. The molecule has 0 aromatic heterocycles. The standard InChI is InChI=1S/C59H94N6O21/c1-31(66)76-38(25-26-60-50(70)82-55(3,4)5)47(69)62-36-28-37(64-53(73)85-58(12,13)14)43(78-39-27-33(29-61-51(71)83-56(6,7)8)23-24-35(39)63-52(72)84-57(9,10)11)42(68)44(36)80-49-46(77-32(2)67)41(65-54(74)86-59(15,16)17)45-40(79-49)30-75-48(81-45)34-21-19-18-20-22-34/h18-22,33,35-46,48-49,68H,23-30H2,1-17H3,(H,60,70)(H,61,71)(H,62,69)(H,63,72)(H,64,73)(H,65,74)/t33?,35?,36-,37+,38+,39-,40?,41+,42?,43?,44-,45+,46?,48?,49+/m1/s1. The third-order valence-electron chi connectivity index (χ3n) is 13.2. The van der Waals surface area contributed by atoms with Crippen LogP contribution in [0.15, 0.2) is 30.3 Å². The lowest BCUT2D eigenvalue weighted by molar-refractivity contribution is -0.357. The average Bonchev–Trinajstić information content (AvgIpc) is 0.820. The molecule has 2 aliphatic carbocycles. The summed E-state index contributed by atoms with van der Waals surface area (Å²) in [5.41, 5.74) is -4.00. The Labute approximate surface area is 503 Å². The van der Waals surface area contributed by atoms with Crippen molar-refractivity contribution in [2.24, 2.45) is 5.92 Å². The van der Waals surface area contributed by atoms with Crippen LogP contribution < -0.4 is 31.9 Å². The third-order valence-corrected chi connectivity index (χ3v) is 13.2. The minimum atomic E-state index is -1.93. The number of hydrogen-bond acceptors (Lipinski definition) is 21. The molecule has 27 heteroatoms. The fourth-order valence-corrected chi connectivity index (χ4v) is 10.1. The molecule has 15 atom stereocenters. The van der Waals surface area contributed by atoms with Crippen LogP contribution in [0.1, 0.15) is 162 Å². The van der Waals surface area contributed by atoms with Gasteiger partial charge in [0.25, 0.3) is 5.91 Å². The van der Waals surface area contributed by atoms with Crippen LogP contribution >= 0.6 is 0 Å². The Hall–Kier alpha value is -6.26. The Balaban J connectivity index is 1.64. The van der Waals surface area contributed by atoms with E-state index in [9.17, 15) is 43.5 Å². The van der Waals surface area contributed by atoms with Gasteiger partial charge in [0.15, 0.2) is 24.8 Å². The predicted octanol–water partition coefficient (Wildman–Crippen LogP) is 6.00. The minimum Gasteiger partial charge on any atom is -0.455 e. The number of hydrogen-bond donors (Lipinski definition) is 7. The van der Waals surface area contributed by atoms with Crippen molar-refractivity contribution in [3.63, 3.8) is 0 Å². The first-order valence-electron chi connectivity index (χ1n) is 29.2. The second-order valence-electron chi connectivity index (χ2n) is 26.9. The first-order valence-corrected chi connectivity index (χ1v) is 29.2. The summed E-state index contributed by atoms with van der Waals surface area (Å²) in [6, 6.07) is 4.10. The van der Waals surface area contributed by atoms with E-state index in [1.165, 1.54) is 0 Å². The molecule has 5 rings (SSSR count). The number of fused-ring (bicyclic) bond motifs is 1. The van der Waals surface area contributed by atoms with Crippen LogP contribution in [0.2, 0.25) is 0 Å². The van der Waals surface area contributed by atoms with E-state index < -0.39 is 162 Å². The highest BCUT2D eigenvalue weighted by atomic mass is 16.8. The molecule has 27 nitrogen and oxygen atoms in total. The fraction of sp³-hybridized carbons (Fsp3) is 0.763. The number of carbonyl (C=O) groups excluding carboxylic acids is 8. The number of nitrogens with one attached hydrogen (secondary N) is 6. The number of amides is 6. The van der Waals surface area contributed by atoms with Crippen molar-refractivity contribution < 1.29 is 100 Å². The lowest BCUT2D eigenvalue weighted by atomic mass is 9.81. The molecule has 1 aromatic rings. The van der Waals surface area contributed by atoms with Crippen LogP contribution in [0.3, 0.4) is 0 Å². The van der Waals surface area contributed by atoms with Gasteiger partial charge in [-0.05, 0) is 135 Å². The van der Waals surface area contributed by atoms with Crippen molar-refractivity contribution in [2.75, 3.05) is 19.7 Å². The van der Waals surface area contributed by atoms with E-state index >= 15 is 0 Å². The SMILES string of the molecule is CC(=O)OC1[C@H](O[C@H]2C(O)C(O[C@@H]3CC(CNC(=O)OC(C)(C)C)CCC3NC(=O)OC(C)(C)C)[C@@H](NC(=O)OC(C)(C)C)C[C@H]2NC(=O)[C@H](CCNC(=O)OC(C)(C)C)OC(C)=O)OC2COC(c3ccccc3)O[C@@H]2[C@@H]1NC(=O)OC(C)(C)C. The molecule has 2 saturated carbocycles. The van der Waals surface area contributed by atoms with Crippen molar-refractivity contribution in [1.82, 2.24) is 31.9 Å². The Bertz CT molecular complexity index is 2470. The predicted molar refractivity (Wildman–Crippen MR) is 306 cm³/mol. The van der Waals surface area contributed by atoms with Gasteiger partial charge in [0.05, 0.1) is 30.8 Å². The van der Waals surface area contributed by atoms with E-state index in [1.54, 1.807) is 128 Å². The molecule has 7 N–H and O–H groups in total.